The van der Waals surface area contributed by atoms with Crippen LogP contribution in [0.15, 0.2) is 22.7 Å². The minimum Gasteiger partial charge on any atom is -0.454 e. The van der Waals surface area contributed by atoms with Crippen molar-refractivity contribution >= 4 is 5.88 Å². The minimum atomic E-state index is 0.261. The first kappa shape index (κ1) is 12.8. The Morgan fingerprint density at radius 1 is 1.30 bits per heavy atom. The lowest BCUT2D eigenvalue weighted by molar-refractivity contribution is 0.174. The van der Waals surface area contributed by atoms with E-state index in [1.807, 2.05) is 18.2 Å². The summed E-state index contributed by atoms with van der Waals surface area (Å²) in [5.74, 6) is 2.15. The van der Waals surface area contributed by atoms with E-state index in [1.54, 1.807) is 0 Å². The summed E-state index contributed by atoms with van der Waals surface area (Å²) in [4.78, 5) is 0. The number of hydrogen-bond acceptors (Lipinski definition) is 5. The van der Waals surface area contributed by atoms with Crippen LogP contribution in [0.4, 0.5) is 5.88 Å². The molecule has 20 heavy (non-hydrogen) atoms. The van der Waals surface area contributed by atoms with Gasteiger partial charge in [0.05, 0.1) is 11.3 Å². The second kappa shape index (κ2) is 5.07. The first-order valence-corrected chi connectivity index (χ1v) is 6.85. The standard InChI is InChI=1S/C15H18N2O3/c1-3-4-9(2)14-13(15(16)20-17-14)10-5-6-11-12(7-10)19-8-18-11/h5-7,9H,3-4,8,16H2,1-2H3. The molecule has 0 saturated carbocycles. The van der Waals surface area contributed by atoms with Crippen molar-refractivity contribution < 1.29 is 14.0 Å². The Morgan fingerprint density at radius 2 is 2.10 bits per heavy atom. The molecular formula is C15H18N2O3. The van der Waals surface area contributed by atoms with E-state index < -0.39 is 0 Å². The Bertz CT molecular complexity index is 622. The first-order valence-electron chi connectivity index (χ1n) is 6.85. The molecule has 2 aromatic rings. The fraction of sp³-hybridized carbons (Fsp3) is 0.400. The lowest BCUT2D eigenvalue weighted by atomic mass is 9.95. The van der Waals surface area contributed by atoms with Gasteiger partial charge >= 0.3 is 0 Å². The fourth-order valence-corrected chi connectivity index (χ4v) is 2.56. The summed E-state index contributed by atoms with van der Waals surface area (Å²) in [7, 11) is 0. The highest BCUT2D eigenvalue weighted by Crippen LogP contribution is 2.40. The molecule has 0 amide bonds. The predicted octanol–water partition coefficient (Wildman–Crippen LogP) is 3.56. The molecule has 5 nitrogen and oxygen atoms in total. The number of nitrogens with zero attached hydrogens (tertiary/aromatic N) is 1. The van der Waals surface area contributed by atoms with Gasteiger partial charge in [0.1, 0.15) is 0 Å². The zero-order valence-corrected chi connectivity index (χ0v) is 11.7. The molecular weight excluding hydrogens is 256 g/mol. The quantitative estimate of drug-likeness (QED) is 0.923. The van der Waals surface area contributed by atoms with Gasteiger partial charge in [-0.3, -0.25) is 0 Å². The number of hydrogen-bond donors (Lipinski definition) is 1. The number of benzene rings is 1. The highest BCUT2D eigenvalue weighted by Gasteiger charge is 2.22. The Kier molecular flexibility index (Phi) is 3.26. The average molecular weight is 274 g/mol. The number of nitrogen functional groups attached to an aromatic ring is 1. The van der Waals surface area contributed by atoms with E-state index in [-0.39, 0.29) is 6.79 Å². The Labute approximate surface area is 117 Å². The smallest absolute Gasteiger partial charge is 0.231 e. The molecule has 2 heterocycles. The molecule has 0 radical (unpaired) electrons. The molecule has 2 N–H and O–H groups in total. The van der Waals surface area contributed by atoms with E-state index in [0.717, 1.165) is 41.2 Å². The number of nitrogens with two attached hydrogens (primary N) is 1. The van der Waals surface area contributed by atoms with Crippen molar-refractivity contribution in [1.29, 1.82) is 0 Å². The summed E-state index contributed by atoms with van der Waals surface area (Å²) in [6.45, 7) is 4.55. The highest BCUT2D eigenvalue weighted by atomic mass is 16.7. The van der Waals surface area contributed by atoms with Crippen LogP contribution in [0.3, 0.4) is 0 Å². The Balaban J connectivity index is 2.03. The second-order valence-electron chi connectivity index (χ2n) is 5.06. The predicted molar refractivity (Wildman–Crippen MR) is 75.8 cm³/mol. The van der Waals surface area contributed by atoms with Crippen LogP contribution in [0.25, 0.3) is 11.1 Å². The molecule has 3 rings (SSSR count). The van der Waals surface area contributed by atoms with Crippen LogP contribution in [0.5, 0.6) is 11.5 Å². The largest absolute Gasteiger partial charge is 0.454 e. The summed E-state index contributed by atoms with van der Waals surface area (Å²) in [6.07, 6.45) is 2.14. The summed E-state index contributed by atoms with van der Waals surface area (Å²) in [6, 6.07) is 5.77. The number of ether oxygens (including phenoxy) is 2. The van der Waals surface area contributed by atoms with Gasteiger partial charge in [-0.25, -0.2) is 0 Å². The third kappa shape index (κ3) is 2.09. The minimum absolute atomic E-state index is 0.261. The maximum Gasteiger partial charge on any atom is 0.231 e. The molecule has 0 aliphatic carbocycles. The average Bonchev–Trinajstić information content (AvgIpc) is 3.04. The van der Waals surface area contributed by atoms with Crippen LogP contribution in [-0.2, 0) is 0 Å². The molecule has 0 bridgehead atoms. The summed E-state index contributed by atoms with van der Waals surface area (Å²) in [5.41, 5.74) is 8.67. The normalized spacial score (nSPS) is 14.5. The Hall–Kier alpha value is -2.17. The van der Waals surface area contributed by atoms with E-state index in [2.05, 4.69) is 19.0 Å². The molecule has 1 aliphatic heterocycles. The zero-order valence-electron chi connectivity index (χ0n) is 11.7. The van der Waals surface area contributed by atoms with Gasteiger partial charge in [-0.1, -0.05) is 31.5 Å². The lowest BCUT2D eigenvalue weighted by Gasteiger charge is -2.09. The molecule has 1 aliphatic rings. The van der Waals surface area contributed by atoms with Crippen LogP contribution in [-0.4, -0.2) is 11.9 Å². The van der Waals surface area contributed by atoms with Crippen molar-refractivity contribution in [3.8, 4) is 22.6 Å². The van der Waals surface area contributed by atoms with Gasteiger partial charge in [0.2, 0.25) is 12.7 Å². The molecule has 1 aromatic heterocycles. The third-order valence-electron chi connectivity index (χ3n) is 3.59. The van der Waals surface area contributed by atoms with Gasteiger partial charge in [-0.05, 0) is 24.1 Å². The van der Waals surface area contributed by atoms with Crippen molar-refractivity contribution in [3.05, 3.63) is 23.9 Å². The SMILES string of the molecule is CCCC(C)c1noc(N)c1-c1ccc2c(c1)OCO2. The van der Waals surface area contributed by atoms with E-state index >= 15 is 0 Å². The molecule has 1 atom stereocenters. The monoisotopic (exact) mass is 274 g/mol. The molecule has 1 unspecified atom stereocenters. The molecule has 0 fully saturated rings. The van der Waals surface area contributed by atoms with Crippen LogP contribution in [0.2, 0.25) is 0 Å². The van der Waals surface area contributed by atoms with Crippen molar-refractivity contribution in [2.24, 2.45) is 0 Å². The summed E-state index contributed by atoms with van der Waals surface area (Å²) in [5, 5.41) is 4.13. The second-order valence-corrected chi connectivity index (χ2v) is 5.06. The molecule has 0 saturated heterocycles. The first-order chi connectivity index (χ1) is 9.70. The van der Waals surface area contributed by atoms with E-state index in [4.69, 9.17) is 19.7 Å². The van der Waals surface area contributed by atoms with Crippen molar-refractivity contribution in [1.82, 2.24) is 5.16 Å². The zero-order chi connectivity index (χ0) is 14.1. The van der Waals surface area contributed by atoms with Gasteiger partial charge in [0, 0.05) is 5.92 Å². The van der Waals surface area contributed by atoms with Gasteiger partial charge in [-0.2, -0.15) is 0 Å². The van der Waals surface area contributed by atoms with Crippen molar-refractivity contribution in [3.63, 3.8) is 0 Å². The number of anilines is 1. The van der Waals surface area contributed by atoms with E-state index in [1.165, 1.54) is 0 Å². The van der Waals surface area contributed by atoms with Crippen LogP contribution in [0.1, 0.15) is 38.3 Å². The summed E-state index contributed by atoms with van der Waals surface area (Å²) >= 11 is 0. The van der Waals surface area contributed by atoms with Gasteiger partial charge in [0.15, 0.2) is 11.5 Å². The van der Waals surface area contributed by atoms with E-state index in [9.17, 15) is 0 Å². The maximum absolute atomic E-state index is 5.95. The third-order valence-corrected chi connectivity index (χ3v) is 3.59. The molecule has 0 spiro atoms. The molecule has 1 aromatic carbocycles. The van der Waals surface area contributed by atoms with Gasteiger partial charge < -0.3 is 19.7 Å². The van der Waals surface area contributed by atoms with Crippen LogP contribution >= 0.6 is 0 Å². The number of aromatic nitrogens is 1. The fourth-order valence-electron chi connectivity index (χ4n) is 2.56. The van der Waals surface area contributed by atoms with Crippen LogP contribution < -0.4 is 15.2 Å². The van der Waals surface area contributed by atoms with E-state index in [0.29, 0.717) is 11.8 Å². The topological polar surface area (TPSA) is 70.5 Å². The molecule has 106 valence electrons. The molecule has 5 heteroatoms. The van der Waals surface area contributed by atoms with Crippen molar-refractivity contribution in [2.75, 3.05) is 12.5 Å². The Morgan fingerprint density at radius 3 is 2.90 bits per heavy atom. The van der Waals surface area contributed by atoms with Crippen molar-refractivity contribution in [2.45, 2.75) is 32.6 Å². The lowest BCUT2D eigenvalue weighted by Crippen LogP contribution is -1.97. The highest BCUT2D eigenvalue weighted by molar-refractivity contribution is 5.77. The number of rotatable bonds is 4. The van der Waals surface area contributed by atoms with Gasteiger partial charge in [0.25, 0.3) is 0 Å². The van der Waals surface area contributed by atoms with Gasteiger partial charge in [-0.15, -0.1) is 0 Å². The summed E-state index contributed by atoms with van der Waals surface area (Å²) < 4.78 is 15.9. The maximum atomic E-state index is 5.95. The van der Waals surface area contributed by atoms with Crippen LogP contribution in [0, 0.1) is 0 Å². The number of fused-ring (bicyclic) bond motifs is 1.